The molecule has 0 bridgehead atoms. The van der Waals surface area contributed by atoms with E-state index in [9.17, 15) is 9.18 Å². The fraction of sp³-hybridized carbons (Fsp3) is 0.0400. The first kappa shape index (κ1) is 19.3. The highest BCUT2D eigenvalue weighted by Gasteiger charge is 2.08. The van der Waals surface area contributed by atoms with Gasteiger partial charge in [-0.05, 0) is 60.2 Å². The Balaban J connectivity index is 1.34. The van der Waals surface area contributed by atoms with E-state index in [1.54, 1.807) is 54.6 Å². The zero-order valence-electron chi connectivity index (χ0n) is 16.0. The van der Waals surface area contributed by atoms with Gasteiger partial charge in [-0.2, -0.15) is 0 Å². The molecular formula is C25H18FNO3. The summed E-state index contributed by atoms with van der Waals surface area (Å²) < 4.78 is 24.0. The van der Waals surface area contributed by atoms with Crippen molar-refractivity contribution in [2.45, 2.75) is 6.61 Å². The molecule has 0 aliphatic heterocycles. The molecule has 1 aromatic heterocycles. The quantitative estimate of drug-likeness (QED) is 0.284. The molecule has 4 rings (SSSR count). The number of benzene rings is 3. The Morgan fingerprint density at radius 2 is 1.70 bits per heavy atom. The van der Waals surface area contributed by atoms with Crippen molar-refractivity contribution in [1.82, 2.24) is 5.16 Å². The van der Waals surface area contributed by atoms with Crippen molar-refractivity contribution < 1.29 is 18.4 Å². The average molecular weight is 399 g/mol. The van der Waals surface area contributed by atoms with E-state index in [1.165, 1.54) is 12.1 Å². The van der Waals surface area contributed by atoms with Gasteiger partial charge in [0.15, 0.2) is 11.5 Å². The minimum Gasteiger partial charge on any atom is -0.486 e. The summed E-state index contributed by atoms with van der Waals surface area (Å²) in [6.45, 7) is 0.190. The molecule has 1 heterocycles. The van der Waals surface area contributed by atoms with Crippen LogP contribution in [-0.2, 0) is 6.61 Å². The topological polar surface area (TPSA) is 52.3 Å². The van der Waals surface area contributed by atoms with E-state index in [0.29, 0.717) is 22.8 Å². The van der Waals surface area contributed by atoms with Crippen molar-refractivity contribution in [3.05, 3.63) is 114 Å². The molecule has 4 aromatic rings. The van der Waals surface area contributed by atoms with E-state index in [2.05, 4.69) is 5.16 Å². The number of halogens is 1. The van der Waals surface area contributed by atoms with Crippen molar-refractivity contribution in [1.29, 1.82) is 0 Å². The van der Waals surface area contributed by atoms with E-state index in [1.807, 2.05) is 30.3 Å². The molecule has 148 valence electrons. The molecule has 0 atom stereocenters. The van der Waals surface area contributed by atoms with Crippen LogP contribution in [0.1, 0.15) is 21.7 Å². The lowest BCUT2D eigenvalue weighted by Gasteiger charge is -2.04. The van der Waals surface area contributed by atoms with Crippen molar-refractivity contribution in [3.8, 4) is 17.0 Å². The first-order valence-corrected chi connectivity index (χ1v) is 9.39. The Bertz CT molecular complexity index is 1150. The number of hydrogen-bond donors (Lipinski definition) is 0. The second-order valence-corrected chi connectivity index (χ2v) is 6.61. The van der Waals surface area contributed by atoms with Gasteiger partial charge in [-0.15, -0.1) is 0 Å². The predicted molar refractivity (Wildman–Crippen MR) is 112 cm³/mol. The number of rotatable bonds is 7. The van der Waals surface area contributed by atoms with Crippen LogP contribution in [0.5, 0.6) is 5.75 Å². The molecule has 4 nitrogen and oxygen atoms in total. The number of aromatic nitrogens is 1. The first-order valence-electron chi connectivity index (χ1n) is 9.39. The molecule has 3 aromatic carbocycles. The zero-order chi connectivity index (χ0) is 20.8. The molecule has 0 radical (unpaired) electrons. The number of hydrogen-bond acceptors (Lipinski definition) is 4. The van der Waals surface area contributed by atoms with Gasteiger partial charge in [0.1, 0.15) is 23.9 Å². The highest BCUT2D eigenvalue weighted by molar-refractivity contribution is 6.06. The standard InChI is InChI=1S/C25H18FNO3/c26-21-11-7-19(8-12-21)24-16-23(30-27-24)17-29-22-13-9-20(10-14-22)25(28)15-6-18-4-2-1-3-5-18/h1-16H,17H2. The predicted octanol–water partition coefficient (Wildman–Crippen LogP) is 5.96. The molecule has 0 saturated heterocycles. The summed E-state index contributed by atoms with van der Waals surface area (Å²) in [5, 5.41) is 3.98. The highest BCUT2D eigenvalue weighted by Crippen LogP contribution is 2.21. The lowest BCUT2D eigenvalue weighted by molar-refractivity contribution is 0.104. The van der Waals surface area contributed by atoms with E-state index in [-0.39, 0.29) is 18.2 Å². The maximum absolute atomic E-state index is 13.0. The number of allylic oxidation sites excluding steroid dienone is 1. The van der Waals surface area contributed by atoms with Crippen LogP contribution in [0, 0.1) is 5.82 Å². The van der Waals surface area contributed by atoms with E-state index < -0.39 is 0 Å². The first-order chi connectivity index (χ1) is 14.7. The smallest absolute Gasteiger partial charge is 0.185 e. The maximum atomic E-state index is 13.0. The van der Waals surface area contributed by atoms with E-state index in [4.69, 9.17) is 9.26 Å². The SMILES string of the molecule is O=C(C=Cc1ccccc1)c1ccc(OCc2cc(-c3ccc(F)cc3)no2)cc1. The third-order valence-electron chi connectivity index (χ3n) is 4.45. The lowest BCUT2D eigenvalue weighted by atomic mass is 10.1. The summed E-state index contributed by atoms with van der Waals surface area (Å²) in [5.41, 5.74) is 2.92. The van der Waals surface area contributed by atoms with Gasteiger partial charge in [0, 0.05) is 17.2 Å². The normalized spacial score (nSPS) is 11.0. The van der Waals surface area contributed by atoms with Crippen molar-refractivity contribution >= 4 is 11.9 Å². The third-order valence-corrected chi connectivity index (χ3v) is 4.45. The summed E-state index contributed by atoms with van der Waals surface area (Å²) >= 11 is 0. The zero-order valence-corrected chi connectivity index (χ0v) is 16.0. The number of nitrogens with zero attached hydrogens (tertiary/aromatic N) is 1. The molecular weight excluding hydrogens is 381 g/mol. The summed E-state index contributed by atoms with van der Waals surface area (Å²) in [6, 6.07) is 24.3. The van der Waals surface area contributed by atoms with Gasteiger partial charge in [0.25, 0.3) is 0 Å². The Morgan fingerprint density at radius 1 is 0.967 bits per heavy atom. The van der Waals surface area contributed by atoms with Crippen LogP contribution >= 0.6 is 0 Å². The number of ether oxygens (including phenoxy) is 1. The molecule has 0 saturated carbocycles. The van der Waals surface area contributed by atoms with Crippen LogP contribution in [0.25, 0.3) is 17.3 Å². The van der Waals surface area contributed by atoms with Crippen LogP contribution in [0.4, 0.5) is 4.39 Å². The van der Waals surface area contributed by atoms with Crippen molar-refractivity contribution in [2.75, 3.05) is 0 Å². The van der Waals surface area contributed by atoms with Gasteiger partial charge in [0.05, 0.1) is 0 Å². The number of carbonyl (C=O) groups excluding carboxylic acids is 1. The van der Waals surface area contributed by atoms with Crippen molar-refractivity contribution in [3.63, 3.8) is 0 Å². The number of ketones is 1. The van der Waals surface area contributed by atoms with E-state index >= 15 is 0 Å². The minimum absolute atomic E-state index is 0.0791. The van der Waals surface area contributed by atoms with Crippen molar-refractivity contribution in [2.24, 2.45) is 0 Å². The molecule has 30 heavy (non-hydrogen) atoms. The highest BCUT2D eigenvalue weighted by atomic mass is 19.1. The summed E-state index contributed by atoms with van der Waals surface area (Å²) in [7, 11) is 0. The molecule has 0 spiro atoms. The molecule has 0 amide bonds. The second-order valence-electron chi connectivity index (χ2n) is 6.61. The van der Waals surface area contributed by atoms with Gasteiger partial charge < -0.3 is 9.26 Å². The van der Waals surface area contributed by atoms with Gasteiger partial charge in [-0.3, -0.25) is 4.79 Å². The Morgan fingerprint density at radius 3 is 2.43 bits per heavy atom. The fourth-order valence-electron chi connectivity index (χ4n) is 2.84. The summed E-state index contributed by atoms with van der Waals surface area (Å²) in [6.07, 6.45) is 3.34. The van der Waals surface area contributed by atoms with Gasteiger partial charge in [-0.25, -0.2) is 4.39 Å². The van der Waals surface area contributed by atoms with E-state index in [0.717, 1.165) is 11.1 Å². The molecule has 5 heteroatoms. The summed E-state index contributed by atoms with van der Waals surface area (Å²) in [5.74, 6) is 0.770. The number of carbonyl (C=O) groups is 1. The van der Waals surface area contributed by atoms with Crippen LogP contribution in [-0.4, -0.2) is 10.9 Å². The molecule has 0 N–H and O–H groups in total. The van der Waals surface area contributed by atoms with Crippen LogP contribution in [0.2, 0.25) is 0 Å². The summed E-state index contributed by atoms with van der Waals surface area (Å²) in [4.78, 5) is 12.3. The Hall–Kier alpha value is -3.99. The maximum Gasteiger partial charge on any atom is 0.185 e. The molecule has 0 fully saturated rings. The van der Waals surface area contributed by atoms with Crippen LogP contribution in [0.15, 0.2) is 95.5 Å². The molecule has 0 aliphatic rings. The molecule has 0 aliphatic carbocycles. The van der Waals surface area contributed by atoms with Crippen LogP contribution < -0.4 is 4.74 Å². The van der Waals surface area contributed by atoms with Crippen LogP contribution in [0.3, 0.4) is 0 Å². The fourth-order valence-corrected chi connectivity index (χ4v) is 2.84. The second kappa shape index (κ2) is 9.01. The Kier molecular flexibility index (Phi) is 5.80. The average Bonchev–Trinajstić information content (AvgIpc) is 3.27. The minimum atomic E-state index is -0.303. The third kappa shape index (κ3) is 4.89. The lowest BCUT2D eigenvalue weighted by Crippen LogP contribution is -1.96. The molecule has 0 unspecified atom stereocenters. The van der Waals surface area contributed by atoms with Gasteiger partial charge >= 0.3 is 0 Å². The largest absolute Gasteiger partial charge is 0.486 e. The van der Waals surface area contributed by atoms with Gasteiger partial charge in [-0.1, -0.05) is 41.6 Å². The Labute approximate surface area is 173 Å². The monoisotopic (exact) mass is 399 g/mol. The van der Waals surface area contributed by atoms with Gasteiger partial charge in [0.2, 0.25) is 0 Å².